The monoisotopic (exact) mass is 253 g/mol. The summed E-state index contributed by atoms with van der Waals surface area (Å²) in [7, 11) is 1.61. The number of aliphatic hydroxyl groups is 1. The molecular weight excluding hydrogens is 234 g/mol. The van der Waals surface area contributed by atoms with Crippen molar-refractivity contribution in [2.45, 2.75) is 25.5 Å². The van der Waals surface area contributed by atoms with Crippen LogP contribution in [0.4, 0.5) is 0 Å². The molecule has 0 saturated heterocycles. The number of rotatable bonds is 7. The number of carboxylic acid groups (broad SMARTS) is 1. The average Bonchev–Trinajstić information content (AvgIpc) is 2.35. The summed E-state index contributed by atoms with van der Waals surface area (Å²) in [6, 6.07) is 7.63. The third-order valence-electron chi connectivity index (χ3n) is 2.69. The van der Waals surface area contributed by atoms with Gasteiger partial charge in [0, 0.05) is 12.6 Å². The van der Waals surface area contributed by atoms with Crippen LogP contribution >= 0.6 is 0 Å². The Morgan fingerprint density at radius 3 is 2.50 bits per heavy atom. The number of carboxylic acids is 1. The molecule has 5 heteroatoms. The number of methoxy groups -OCH3 is 1. The van der Waals surface area contributed by atoms with Gasteiger partial charge in [-0.15, -0.1) is 0 Å². The molecule has 1 aromatic carbocycles. The lowest BCUT2D eigenvalue weighted by atomic mass is 10.1. The summed E-state index contributed by atoms with van der Waals surface area (Å²) in [6.07, 6.45) is -1.12. The molecule has 5 nitrogen and oxygen atoms in total. The number of aliphatic carboxylic acids is 1. The Bertz CT molecular complexity index is 377. The maximum absolute atomic E-state index is 10.4. The van der Waals surface area contributed by atoms with Crippen LogP contribution in [0.1, 0.15) is 24.9 Å². The minimum atomic E-state index is -0.999. The van der Waals surface area contributed by atoms with Gasteiger partial charge in [-0.25, -0.2) is 0 Å². The standard InChI is InChI=1S/C13H19NO4/c1-9(14-8-11(15)7-13(16)17)10-3-5-12(18-2)6-4-10/h3-6,9,11,14-15H,7-8H2,1-2H3,(H,16,17)/t9-,11?/m1/s1. The molecule has 0 aromatic heterocycles. The molecule has 1 unspecified atom stereocenters. The third kappa shape index (κ3) is 4.73. The van der Waals surface area contributed by atoms with Gasteiger partial charge in [-0.1, -0.05) is 12.1 Å². The van der Waals surface area contributed by atoms with Crippen molar-refractivity contribution in [3.05, 3.63) is 29.8 Å². The summed E-state index contributed by atoms with van der Waals surface area (Å²) in [5.41, 5.74) is 1.05. The predicted molar refractivity (Wildman–Crippen MR) is 67.7 cm³/mol. The summed E-state index contributed by atoms with van der Waals surface area (Å²) >= 11 is 0. The number of hydrogen-bond donors (Lipinski definition) is 3. The number of ether oxygens (including phenoxy) is 1. The maximum atomic E-state index is 10.4. The Morgan fingerprint density at radius 1 is 1.39 bits per heavy atom. The second-order valence-electron chi connectivity index (χ2n) is 4.15. The molecule has 0 aliphatic heterocycles. The lowest BCUT2D eigenvalue weighted by Gasteiger charge is -2.16. The van der Waals surface area contributed by atoms with Gasteiger partial charge < -0.3 is 20.3 Å². The van der Waals surface area contributed by atoms with Crippen molar-refractivity contribution in [3.8, 4) is 5.75 Å². The highest BCUT2D eigenvalue weighted by molar-refractivity contribution is 5.67. The Hall–Kier alpha value is -1.59. The number of carbonyl (C=O) groups is 1. The molecule has 0 amide bonds. The van der Waals surface area contributed by atoms with Crippen LogP contribution in [0.3, 0.4) is 0 Å². The fourth-order valence-corrected chi connectivity index (χ4v) is 1.60. The highest BCUT2D eigenvalue weighted by Gasteiger charge is 2.11. The first kappa shape index (κ1) is 14.5. The van der Waals surface area contributed by atoms with E-state index in [0.717, 1.165) is 11.3 Å². The molecule has 2 atom stereocenters. The average molecular weight is 253 g/mol. The van der Waals surface area contributed by atoms with Crippen molar-refractivity contribution in [2.24, 2.45) is 0 Å². The normalized spacial score (nSPS) is 13.9. The van der Waals surface area contributed by atoms with E-state index in [1.807, 2.05) is 31.2 Å². The number of nitrogens with one attached hydrogen (secondary N) is 1. The highest BCUT2D eigenvalue weighted by atomic mass is 16.5. The van der Waals surface area contributed by atoms with Crippen LogP contribution in [-0.4, -0.2) is 35.9 Å². The lowest BCUT2D eigenvalue weighted by Crippen LogP contribution is -2.30. The van der Waals surface area contributed by atoms with Crippen LogP contribution in [0.2, 0.25) is 0 Å². The largest absolute Gasteiger partial charge is 0.497 e. The quantitative estimate of drug-likeness (QED) is 0.680. The van der Waals surface area contributed by atoms with E-state index in [-0.39, 0.29) is 19.0 Å². The highest BCUT2D eigenvalue weighted by Crippen LogP contribution is 2.17. The first-order valence-corrected chi connectivity index (χ1v) is 5.80. The van der Waals surface area contributed by atoms with Crippen LogP contribution in [-0.2, 0) is 4.79 Å². The molecule has 0 aliphatic rings. The SMILES string of the molecule is COc1ccc([C@@H](C)NCC(O)CC(=O)O)cc1. The molecule has 1 aromatic rings. The van der Waals surface area contributed by atoms with Gasteiger partial charge >= 0.3 is 5.97 Å². The minimum absolute atomic E-state index is 0.0411. The molecule has 0 fully saturated rings. The Labute approximate surface area is 106 Å². The van der Waals surface area contributed by atoms with Gasteiger partial charge in [-0.2, -0.15) is 0 Å². The van der Waals surface area contributed by atoms with Crippen molar-refractivity contribution >= 4 is 5.97 Å². The fourth-order valence-electron chi connectivity index (χ4n) is 1.60. The van der Waals surface area contributed by atoms with E-state index in [9.17, 15) is 9.90 Å². The molecule has 1 rings (SSSR count). The summed E-state index contributed by atoms with van der Waals surface area (Å²) in [5, 5.41) is 21.0. The molecule has 3 N–H and O–H groups in total. The molecule has 0 radical (unpaired) electrons. The molecule has 0 saturated carbocycles. The molecule has 0 spiro atoms. The Balaban J connectivity index is 2.44. The summed E-state index contributed by atoms with van der Waals surface area (Å²) in [4.78, 5) is 10.4. The van der Waals surface area contributed by atoms with Crippen LogP contribution in [0.25, 0.3) is 0 Å². The smallest absolute Gasteiger partial charge is 0.306 e. The third-order valence-corrected chi connectivity index (χ3v) is 2.69. The minimum Gasteiger partial charge on any atom is -0.497 e. The first-order chi connectivity index (χ1) is 8.52. The van der Waals surface area contributed by atoms with Crippen LogP contribution in [0.15, 0.2) is 24.3 Å². The second kappa shape index (κ2) is 6.98. The van der Waals surface area contributed by atoms with Gasteiger partial charge in [0.25, 0.3) is 0 Å². The van der Waals surface area contributed by atoms with Crippen molar-refractivity contribution in [1.29, 1.82) is 0 Å². The molecule has 0 heterocycles. The van der Waals surface area contributed by atoms with Crippen LogP contribution in [0, 0.1) is 0 Å². The van der Waals surface area contributed by atoms with Crippen LogP contribution in [0.5, 0.6) is 5.75 Å². The maximum Gasteiger partial charge on any atom is 0.306 e. The zero-order valence-electron chi connectivity index (χ0n) is 10.6. The van der Waals surface area contributed by atoms with Crippen molar-refractivity contribution in [3.63, 3.8) is 0 Å². The van der Waals surface area contributed by atoms with E-state index < -0.39 is 12.1 Å². The van der Waals surface area contributed by atoms with Gasteiger partial charge in [0.15, 0.2) is 0 Å². The number of hydrogen-bond acceptors (Lipinski definition) is 4. The van der Waals surface area contributed by atoms with Gasteiger partial charge in [-0.3, -0.25) is 4.79 Å². The van der Waals surface area contributed by atoms with Gasteiger partial charge in [-0.05, 0) is 24.6 Å². The molecule has 18 heavy (non-hydrogen) atoms. The molecular formula is C13H19NO4. The number of benzene rings is 1. The molecule has 100 valence electrons. The number of aliphatic hydroxyl groups excluding tert-OH is 1. The van der Waals surface area contributed by atoms with Crippen molar-refractivity contribution in [1.82, 2.24) is 5.32 Å². The Morgan fingerprint density at radius 2 is 2.00 bits per heavy atom. The zero-order valence-corrected chi connectivity index (χ0v) is 10.6. The summed E-state index contributed by atoms with van der Waals surface area (Å²) in [6.45, 7) is 2.20. The summed E-state index contributed by atoms with van der Waals surface area (Å²) in [5.74, 6) is -0.210. The van der Waals surface area contributed by atoms with E-state index in [1.54, 1.807) is 7.11 Å². The molecule has 0 bridgehead atoms. The Kier molecular flexibility index (Phi) is 5.61. The van der Waals surface area contributed by atoms with Gasteiger partial charge in [0.1, 0.15) is 5.75 Å². The van der Waals surface area contributed by atoms with Gasteiger partial charge in [0.05, 0.1) is 19.6 Å². The zero-order chi connectivity index (χ0) is 13.5. The predicted octanol–water partition coefficient (Wildman–Crippen LogP) is 1.18. The lowest BCUT2D eigenvalue weighted by molar-refractivity contribution is -0.139. The van der Waals surface area contributed by atoms with E-state index in [2.05, 4.69) is 5.32 Å². The second-order valence-corrected chi connectivity index (χ2v) is 4.15. The van der Waals surface area contributed by atoms with Crippen molar-refractivity contribution < 1.29 is 19.7 Å². The van der Waals surface area contributed by atoms with E-state index in [0.29, 0.717) is 0 Å². The van der Waals surface area contributed by atoms with E-state index in [1.165, 1.54) is 0 Å². The van der Waals surface area contributed by atoms with Crippen LogP contribution < -0.4 is 10.1 Å². The van der Waals surface area contributed by atoms with E-state index in [4.69, 9.17) is 9.84 Å². The van der Waals surface area contributed by atoms with E-state index >= 15 is 0 Å². The van der Waals surface area contributed by atoms with Gasteiger partial charge in [0.2, 0.25) is 0 Å². The fraction of sp³-hybridized carbons (Fsp3) is 0.462. The topological polar surface area (TPSA) is 78.8 Å². The van der Waals surface area contributed by atoms with Crippen molar-refractivity contribution in [2.75, 3.05) is 13.7 Å². The summed E-state index contributed by atoms with van der Waals surface area (Å²) < 4.78 is 5.07. The molecule has 0 aliphatic carbocycles. The first-order valence-electron chi connectivity index (χ1n) is 5.80.